The van der Waals surface area contributed by atoms with Gasteiger partial charge in [0, 0.05) is 13.1 Å². The van der Waals surface area contributed by atoms with Gasteiger partial charge in [0.25, 0.3) is 5.91 Å². The first-order valence-corrected chi connectivity index (χ1v) is 6.91. The van der Waals surface area contributed by atoms with E-state index < -0.39 is 0 Å². The SMILES string of the molecule is C=CCN(CC=C)C(=O)c1nn(-c2ccccc2)cc1OC. The molecule has 0 radical (unpaired) electrons. The Hall–Kier alpha value is -2.82. The molecule has 5 nitrogen and oxygen atoms in total. The van der Waals surface area contributed by atoms with Crippen LogP contribution >= 0.6 is 0 Å². The predicted octanol–water partition coefficient (Wildman–Crippen LogP) is 2.70. The van der Waals surface area contributed by atoms with Crippen molar-refractivity contribution >= 4 is 5.91 Å². The minimum Gasteiger partial charge on any atom is -0.493 e. The van der Waals surface area contributed by atoms with E-state index in [1.54, 1.807) is 27.9 Å². The highest BCUT2D eigenvalue weighted by molar-refractivity contribution is 5.95. The van der Waals surface area contributed by atoms with Gasteiger partial charge in [0.1, 0.15) is 0 Å². The lowest BCUT2D eigenvalue weighted by molar-refractivity contribution is 0.0781. The van der Waals surface area contributed by atoms with Crippen LogP contribution in [-0.2, 0) is 0 Å². The van der Waals surface area contributed by atoms with Gasteiger partial charge in [-0.25, -0.2) is 4.68 Å². The van der Waals surface area contributed by atoms with E-state index in [4.69, 9.17) is 4.74 Å². The number of amides is 1. The molecule has 0 spiro atoms. The Morgan fingerprint density at radius 1 is 1.27 bits per heavy atom. The molecular formula is C17H19N3O2. The second kappa shape index (κ2) is 7.26. The van der Waals surface area contributed by atoms with Crippen LogP contribution in [0, 0.1) is 0 Å². The summed E-state index contributed by atoms with van der Waals surface area (Å²) in [6.45, 7) is 8.18. The van der Waals surface area contributed by atoms with Crippen LogP contribution in [0.1, 0.15) is 10.5 Å². The fourth-order valence-electron chi connectivity index (χ4n) is 2.07. The van der Waals surface area contributed by atoms with Crippen molar-refractivity contribution in [1.82, 2.24) is 14.7 Å². The predicted molar refractivity (Wildman–Crippen MR) is 86.4 cm³/mol. The quantitative estimate of drug-likeness (QED) is 0.738. The zero-order chi connectivity index (χ0) is 15.9. The first-order chi connectivity index (χ1) is 10.7. The van der Waals surface area contributed by atoms with Gasteiger partial charge in [-0.05, 0) is 12.1 Å². The molecule has 0 fully saturated rings. The fraction of sp³-hybridized carbons (Fsp3) is 0.176. The van der Waals surface area contributed by atoms with Crippen LogP contribution in [0.2, 0.25) is 0 Å². The molecule has 1 amide bonds. The molecule has 1 aromatic heterocycles. The fourth-order valence-corrected chi connectivity index (χ4v) is 2.07. The molecular weight excluding hydrogens is 278 g/mol. The van der Waals surface area contributed by atoms with Crippen LogP contribution in [0.25, 0.3) is 5.69 Å². The third kappa shape index (κ3) is 3.25. The van der Waals surface area contributed by atoms with E-state index in [9.17, 15) is 4.79 Å². The largest absolute Gasteiger partial charge is 0.493 e. The Morgan fingerprint density at radius 3 is 2.45 bits per heavy atom. The summed E-state index contributed by atoms with van der Waals surface area (Å²) in [5, 5.41) is 4.37. The first-order valence-electron chi connectivity index (χ1n) is 6.91. The molecule has 0 unspecified atom stereocenters. The highest BCUT2D eigenvalue weighted by Gasteiger charge is 2.22. The number of carbonyl (C=O) groups excluding carboxylic acids is 1. The Morgan fingerprint density at radius 2 is 1.91 bits per heavy atom. The van der Waals surface area contributed by atoms with Crippen LogP contribution in [-0.4, -0.2) is 40.8 Å². The van der Waals surface area contributed by atoms with Gasteiger partial charge in [0.15, 0.2) is 11.4 Å². The normalized spacial score (nSPS) is 10.0. The number of hydrogen-bond acceptors (Lipinski definition) is 3. The number of aromatic nitrogens is 2. The minimum atomic E-state index is -0.216. The molecule has 22 heavy (non-hydrogen) atoms. The van der Waals surface area contributed by atoms with E-state index in [2.05, 4.69) is 18.3 Å². The average Bonchev–Trinajstić information content (AvgIpc) is 2.99. The van der Waals surface area contributed by atoms with E-state index in [-0.39, 0.29) is 11.6 Å². The maximum Gasteiger partial charge on any atom is 0.278 e. The van der Waals surface area contributed by atoms with Crippen LogP contribution in [0.3, 0.4) is 0 Å². The monoisotopic (exact) mass is 297 g/mol. The summed E-state index contributed by atoms with van der Waals surface area (Å²) >= 11 is 0. The van der Waals surface area contributed by atoms with Crippen LogP contribution in [0.15, 0.2) is 61.8 Å². The molecule has 1 aromatic carbocycles. The van der Waals surface area contributed by atoms with Gasteiger partial charge in [-0.15, -0.1) is 13.2 Å². The molecule has 114 valence electrons. The molecule has 0 saturated heterocycles. The van der Waals surface area contributed by atoms with Gasteiger partial charge in [0.05, 0.1) is 19.0 Å². The topological polar surface area (TPSA) is 47.4 Å². The standard InChI is InChI=1S/C17H19N3O2/c1-4-11-19(12-5-2)17(21)16-15(22-3)13-20(18-16)14-9-7-6-8-10-14/h4-10,13H,1-2,11-12H2,3H3. The Bertz CT molecular complexity index is 652. The number of nitrogens with zero attached hydrogens (tertiary/aromatic N) is 3. The van der Waals surface area contributed by atoms with Crippen molar-refractivity contribution in [2.45, 2.75) is 0 Å². The maximum atomic E-state index is 12.6. The highest BCUT2D eigenvalue weighted by Crippen LogP contribution is 2.21. The van der Waals surface area contributed by atoms with Gasteiger partial charge >= 0.3 is 0 Å². The lowest BCUT2D eigenvalue weighted by Crippen LogP contribution is -2.32. The smallest absolute Gasteiger partial charge is 0.278 e. The second-order valence-electron chi connectivity index (χ2n) is 4.61. The molecule has 0 bridgehead atoms. The summed E-state index contributed by atoms with van der Waals surface area (Å²) in [5.74, 6) is 0.221. The number of benzene rings is 1. The highest BCUT2D eigenvalue weighted by atomic mass is 16.5. The van der Waals surface area contributed by atoms with E-state index in [1.807, 2.05) is 30.3 Å². The summed E-state index contributed by atoms with van der Waals surface area (Å²) in [7, 11) is 1.52. The third-order valence-electron chi connectivity index (χ3n) is 3.11. The summed E-state index contributed by atoms with van der Waals surface area (Å²) in [5.41, 5.74) is 1.13. The van der Waals surface area contributed by atoms with Crippen molar-refractivity contribution in [2.24, 2.45) is 0 Å². The number of ether oxygens (including phenoxy) is 1. The number of methoxy groups -OCH3 is 1. The van der Waals surface area contributed by atoms with Crippen molar-refractivity contribution in [2.75, 3.05) is 20.2 Å². The molecule has 0 N–H and O–H groups in total. The van der Waals surface area contributed by atoms with Crippen molar-refractivity contribution in [3.8, 4) is 11.4 Å². The van der Waals surface area contributed by atoms with E-state index in [1.165, 1.54) is 7.11 Å². The Kier molecular flexibility index (Phi) is 5.14. The molecule has 0 atom stereocenters. The van der Waals surface area contributed by atoms with Crippen LogP contribution < -0.4 is 4.74 Å². The lowest BCUT2D eigenvalue weighted by Gasteiger charge is -2.18. The zero-order valence-corrected chi connectivity index (χ0v) is 12.6. The van der Waals surface area contributed by atoms with Crippen molar-refractivity contribution < 1.29 is 9.53 Å². The Labute approximate surface area is 130 Å². The molecule has 1 heterocycles. The van der Waals surface area contributed by atoms with E-state index >= 15 is 0 Å². The average molecular weight is 297 g/mol. The van der Waals surface area contributed by atoms with Crippen molar-refractivity contribution in [1.29, 1.82) is 0 Å². The zero-order valence-electron chi connectivity index (χ0n) is 12.6. The molecule has 0 aliphatic carbocycles. The maximum absolute atomic E-state index is 12.6. The van der Waals surface area contributed by atoms with Gasteiger partial charge < -0.3 is 9.64 Å². The van der Waals surface area contributed by atoms with Crippen molar-refractivity contribution in [3.63, 3.8) is 0 Å². The Balaban J connectivity index is 2.37. The number of hydrogen-bond donors (Lipinski definition) is 0. The number of carbonyl (C=O) groups is 1. The first kappa shape index (κ1) is 15.6. The summed E-state index contributed by atoms with van der Waals surface area (Å²) in [6.07, 6.45) is 5.03. The summed E-state index contributed by atoms with van der Waals surface area (Å²) in [6, 6.07) is 9.56. The molecule has 0 saturated carbocycles. The second-order valence-corrected chi connectivity index (χ2v) is 4.61. The molecule has 0 aliphatic heterocycles. The van der Waals surface area contributed by atoms with E-state index in [0.717, 1.165) is 5.69 Å². The van der Waals surface area contributed by atoms with E-state index in [0.29, 0.717) is 18.8 Å². The number of rotatable bonds is 7. The van der Waals surface area contributed by atoms with Crippen molar-refractivity contribution in [3.05, 3.63) is 67.5 Å². The third-order valence-corrected chi connectivity index (χ3v) is 3.11. The number of para-hydroxylation sites is 1. The van der Waals surface area contributed by atoms with Crippen LogP contribution in [0.4, 0.5) is 0 Å². The minimum absolute atomic E-state index is 0.216. The van der Waals surface area contributed by atoms with Gasteiger partial charge in [0.2, 0.25) is 0 Å². The van der Waals surface area contributed by atoms with Crippen LogP contribution in [0.5, 0.6) is 5.75 Å². The molecule has 0 aliphatic rings. The molecule has 2 rings (SSSR count). The molecule has 5 heteroatoms. The van der Waals surface area contributed by atoms with Gasteiger partial charge in [-0.2, -0.15) is 5.10 Å². The van der Waals surface area contributed by atoms with Gasteiger partial charge in [-0.1, -0.05) is 30.4 Å². The summed E-state index contributed by atoms with van der Waals surface area (Å²) < 4.78 is 6.92. The lowest BCUT2D eigenvalue weighted by atomic mass is 10.3. The summed E-state index contributed by atoms with van der Waals surface area (Å²) in [4.78, 5) is 14.2. The molecule has 2 aromatic rings. The van der Waals surface area contributed by atoms with Gasteiger partial charge in [-0.3, -0.25) is 4.79 Å².